The first-order valence-electron chi connectivity index (χ1n) is 8.77. The Hall–Kier alpha value is -2.64. The van der Waals surface area contributed by atoms with Gasteiger partial charge in [-0.2, -0.15) is 4.98 Å². The number of halogens is 2. The molecule has 0 radical (unpaired) electrons. The van der Waals surface area contributed by atoms with E-state index < -0.39 is 0 Å². The van der Waals surface area contributed by atoms with Crippen LogP contribution in [0.3, 0.4) is 0 Å². The molecule has 140 valence electrons. The molecule has 0 aliphatic carbocycles. The third-order valence-electron chi connectivity index (χ3n) is 4.65. The summed E-state index contributed by atoms with van der Waals surface area (Å²) in [4.78, 5) is 6.52. The molecule has 2 aromatic carbocycles. The number of rotatable bonds is 4. The Bertz CT molecular complexity index is 927. The van der Waals surface area contributed by atoms with Crippen molar-refractivity contribution in [1.82, 2.24) is 15.0 Å². The summed E-state index contributed by atoms with van der Waals surface area (Å²) in [7, 11) is 0. The highest BCUT2D eigenvalue weighted by Crippen LogP contribution is 2.24. The molecular formula is C20H19F2N3O2. The summed E-state index contributed by atoms with van der Waals surface area (Å²) in [6.07, 6.45) is -0.132. The van der Waals surface area contributed by atoms with Gasteiger partial charge in [-0.1, -0.05) is 29.4 Å². The van der Waals surface area contributed by atoms with E-state index in [2.05, 4.69) is 15.0 Å². The Morgan fingerprint density at radius 1 is 1.15 bits per heavy atom. The van der Waals surface area contributed by atoms with Crippen LogP contribution in [-0.2, 0) is 11.3 Å². The highest BCUT2D eigenvalue weighted by Gasteiger charge is 2.24. The predicted octanol–water partition coefficient (Wildman–Crippen LogP) is 3.90. The Morgan fingerprint density at radius 2 is 1.96 bits per heavy atom. The molecule has 1 unspecified atom stereocenters. The maximum absolute atomic E-state index is 13.7. The smallest absolute Gasteiger partial charge is 0.241 e. The van der Waals surface area contributed by atoms with Gasteiger partial charge in [0.1, 0.15) is 11.6 Å². The summed E-state index contributed by atoms with van der Waals surface area (Å²) in [6, 6.07) is 11.2. The molecule has 0 amide bonds. The van der Waals surface area contributed by atoms with Gasteiger partial charge in [-0.25, -0.2) is 8.78 Å². The van der Waals surface area contributed by atoms with Gasteiger partial charge in [0.2, 0.25) is 11.7 Å². The highest BCUT2D eigenvalue weighted by molar-refractivity contribution is 5.54. The number of hydrogen-bond donors (Lipinski definition) is 0. The maximum atomic E-state index is 13.7. The first-order valence-corrected chi connectivity index (χ1v) is 8.77. The van der Waals surface area contributed by atoms with Gasteiger partial charge in [0, 0.05) is 18.7 Å². The monoisotopic (exact) mass is 371 g/mol. The molecule has 1 saturated heterocycles. The van der Waals surface area contributed by atoms with E-state index >= 15 is 0 Å². The molecule has 0 spiro atoms. The average molecular weight is 371 g/mol. The van der Waals surface area contributed by atoms with Gasteiger partial charge < -0.3 is 9.26 Å². The van der Waals surface area contributed by atoms with Gasteiger partial charge in [0.25, 0.3) is 0 Å². The Morgan fingerprint density at radius 3 is 2.74 bits per heavy atom. The van der Waals surface area contributed by atoms with E-state index in [9.17, 15) is 8.78 Å². The summed E-state index contributed by atoms with van der Waals surface area (Å²) in [5.74, 6) is 0.268. The fourth-order valence-corrected chi connectivity index (χ4v) is 3.08. The minimum absolute atomic E-state index is 0.132. The molecule has 1 aromatic heterocycles. The number of aromatic nitrogens is 2. The van der Waals surface area contributed by atoms with E-state index in [0.717, 1.165) is 12.1 Å². The largest absolute Gasteiger partial charge is 0.371 e. The lowest BCUT2D eigenvalue weighted by molar-refractivity contribution is -0.0356. The molecule has 0 bridgehead atoms. The maximum Gasteiger partial charge on any atom is 0.241 e. The van der Waals surface area contributed by atoms with Crippen LogP contribution in [0.25, 0.3) is 11.4 Å². The standard InChI is InChI=1S/C20H19F2N3O2/c1-13-2-3-15(10-17(13)22)20-23-19(27-24-20)12-25-8-9-26-18(11-25)14-4-6-16(21)7-5-14/h2-7,10,18H,8-9,11-12H2,1H3. The lowest BCUT2D eigenvalue weighted by Crippen LogP contribution is -2.37. The zero-order chi connectivity index (χ0) is 18.8. The molecular weight excluding hydrogens is 352 g/mol. The lowest BCUT2D eigenvalue weighted by atomic mass is 10.1. The predicted molar refractivity (Wildman–Crippen MR) is 94.8 cm³/mol. The van der Waals surface area contributed by atoms with Crippen LogP contribution in [0.1, 0.15) is 23.1 Å². The third kappa shape index (κ3) is 4.04. The van der Waals surface area contributed by atoms with Gasteiger partial charge >= 0.3 is 0 Å². The molecule has 1 fully saturated rings. The number of morpholine rings is 1. The summed E-state index contributed by atoms with van der Waals surface area (Å²) in [5.41, 5.74) is 2.09. The molecule has 1 aliphatic rings. The van der Waals surface area contributed by atoms with Gasteiger partial charge in [-0.15, -0.1) is 0 Å². The molecule has 2 heterocycles. The number of ether oxygens (including phenoxy) is 1. The van der Waals surface area contributed by atoms with Crippen LogP contribution in [-0.4, -0.2) is 34.7 Å². The van der Waals surface area contributed by atoms with E-state index in [0.29, 0.717) is 42.5 Å². The van der Waals surface area contributed by atoms with Crippen LogP contribution in [0.5, 0.6) is 0 Å². The number of hydrogen-bond acceptors (Lipinski definition) is 5. The second-order valence-corrected chi connectivity index (χ2v) is 6.62. The van der Waals surface area contributed by atoms with Crippen molar-refractivity contribution in [2.75, 3.05) is 19.7 Å². The topological polar surface area (TPSA) is 51.4 Å². The Kier molecular flexibility index (Phi) is 4.96. The van der Waals surface area contributed by atoms with E-state index in [1.165, 1.54) is 18.2 Å². The zero-order valence-corrected chi connectivity index (χ0v) is 14.9. The van der Waals surface area contributed by atoms with Crippen molar-refractivity contribution in [2.45, 2.75) is 19.6 Å². The normalized spacial score (nSPS) is 18.0. The Labute approximate surface area is 155 Å². The van der Waals surface area contributed by atoms with Crippen molar-refractivity contribution in [2.24, 2.45) is 0 Å². The molecule has 1 atom stereocenters. The summed E-state index contributed by atoms with van der Waals surface area (Å²) in [6.45, 7) is 4.11. The van der Waals surface area contributed by atoms with Crippen LogP contribution >= 0.6 is 0 Å². The first kappa shape index (κ1) is 17.8. The van der Waals surface area contributed by atoms with E-state index in [-0.39, 0.29) is 17.7 Å². The number of nitrogens with zero attached hydrogens (tertiary/aromatic N) is 3. The van der Waals surface area contributed by atoms with Gasteiger partial charge in [-0.05, 0) is 36.2 Å². The van der Waals surface area contributed by atoms with Crippen molar-refractivity contribution < 1.29 is 18.0 Å². The van der Waals surface area contributed by atoms with Crippen molar-refractivity contribution in [3.63, 3.8) is 0 Å². The first-order chi connectivity index (χ1) is 13.1. The Balaban J connectivity index is 1.44. The molecule has 5 nitrogen and oxygen atoms in total. The van der Waals surface area contributed by atoms with Crippen molar-refractivity contribution >= 4 is 0 Å². The molecule has 27 heavy (non-hydrogen) atoms. The van der Waals surface area contributed by atoms with Crippen LogP contribution in [0.2, 0.25) is 0 Å². The fourth-order valence-electron chi connectivity index (χ4n) is 3.08. The highest BCUT2D eigenvalue weighted by atomic mass is 19.1. The quantitative estimate of drug-likeness (QED) is 0.696. The van der Waals surface area contributed by atoms with E-state index in [1.54, 1.807) is 31.2 Å². The lowest BCUT2D eigenvalue weighted by Gasteiger charge is -2.32. The molecule has 3 aromatic rings. The molecule has 0 N–H and O–H groups in total. The minimum atomic E-state index is -0.297. The second-order valence-electron chi connectivity index (χ2n) is 6.62. The summed E-state index contributed by atoms with van der Waals surface area (Å²) < 4.78 is 38.0. The van der Waals surface area contributed by atoms with Gasteiger partial charge in [0.15, 0.2) is 0 Å². The second kappa shape index (κ2) is 7.54. The van der Waals surface area contributed by atoms with Crippen molar-refractivity contribution in [1.29, 1.82) is 0 Å². The van der Waals surface area contributed by atoms with Crippen LogP contribution < -0.4 is 0 Å². The van der Waals surface area contributed by atoms with Gasteiger partial charge in [-0.3, -0.25) is 4.90 Å². The third-order valence-corrected chi connectivity index (χ3v) is 4.65. The SMILES string of the molecule is Cc1ccc(-c2noc(CN3CCOC(c4ccc(F)cc4)C3)n2)cc1F. The summed E-state index contributed by atoms with van der Waals surface area (Å²) >= 11 is 0. The average Bonchev–Trinajstić information content (AvgIpc) is 3.13. The summed E-state index contributed by atoms with van der Waals surface area (Å²) in [5, 5.41) is 3.96. The number of aryl methyl sites for hydroxylation is 1. The zero-order valence-electron chi connectivity index (χ0n) is 14.9. The number of benzene rings is 2. The van der Waals surface area contributed by atoms with Crippen LogP contribution in [0.4, 0.5) is 8.78 Å². The van der Waals surface area contributed by atoms with Gasteiger partial charge in [0.05, 0.1) is 19.3 Å². The van der Waals surface area contributed by atoms with Crippen molar-refractivity contribution in [3.05, 3.63) is 71.1 Å². The molecule has 7 heteroatoms. The van der Waals surface area contributed by atoms with Crippen LogP contribution in [0.15, 0.2) is 47.0 Å². The molecule has 4 rings (SSSR count). The molecule has 1 aliphatic heterocycles. The van der Waals surface area contributed by atoms with E-state index in [1.807, 2.05) is 0 Å². The van der Waals surface area contributed by atoms with Crippen LogP contribution in [0, 0.1) is 18.6 Å². The molecule has 0 saturated carbocycles. The minimum Gasteiger partial charge on any atom is -0.371 e. The fraction of sp³-hybridized carbons (Fsp3) is 0.300. The van der Waals surface area contributed by atoms with E-state index in [4.69, 9.17) is 9.26 Å². The van der Waals surface area contributed by atoms with Crippen molar-refractivity contribution in [3.8, 4) is 11.4 Å².